The van der Waals surface area contributed by atoms with Crippen molar-refractivity contribution >= 4 is 23.5 Å². The maximum absolute atomic E-state index is 12.3. The second kappa shape index (κ2) is 9.16. The first kappa shape index (κ1) is 18.9. The van der Waals surface area contributed by atoms with Crippen molar-refractivity contribution in [2.45, 2.75) is 11.4 Å². The molecule has 1 saturated heterocycles. The number of benzene rings is 1. The molecular formula is C20H23N3O4S. The van der Waals surface area contributed by atoms with Gasteiger partial charge in [0.15, 0.2) is 11.5 Å². The van der Waals surface area contributed by atoms with Crippen LogP contribution in [0.5, 0.6) is 11.5 Å². The predicted molar refractivity (Wildman–Crippen MR) is 107 cm³/mol. The minimum Gasteiger partial charge on any atom is -0.486 e. The van der Waals surface area contributed by atoms with Crippen LogP contribution in [0.3, 0.4) is 0 Å². The number of ether oxygens (including phenoxy) is 3. The minimum absolute atomic E-state index is 0.0170. The number of nitrogens with zero attached hydrogens (tertiary/aromatic N) is 2. The maximum atomic E-state index is 12.3. The normalized spacial score (nSPS) is 15.9. The summed E-state index contributed by atoms with van der Waals surface area (Å²) in [6.45, 7) is 4.63. The fourth-order valence-electron chi connectivity index (χ4n) is 3.14. The Bertz CT molecular complexity index is 827. The van der Waals surface area contributed by atoms with Gasteiger partial charge in [0.25, 0.3) is 0 Å². The first-order valence-corrected chi connectivity index (χ1v) is 10.3. The molecule has 2 aliphatic heterocycles. The Kier molecular flexibility index (Phi) is 6.18. The number of pyridine rings is 1. The van der Waals surface area contributed by atoms with Gasteiger partial charge in [-0.3, -0.25) is 4.79 Å². The molecule has 1 aromatic carbocycles. The number of nitrogens with one attached hydrogen (secondary N) is 1. The number of hydrogen-bond acceptors (Lipinski definition) is 7. The molecule has 0 bridgehead atoms. The Morgan fingerprint density at radius 2 is 1.93 bits per heavy atom. The molecule has 0 atom stereocenters. The smallest absolute Gasteiger partial charge is 0.230 e. The Labute approximate surface area is 168 Å². The molecule has 0 aliphatic carbocycles. The van der Waals surface area contributed by atoms with E-state index in [1.54, 1.807) is 6.20 Å². The van der Waals surface area contributed by atoms with E-state index in [9.17, 15) is 4.79 Å². The number of carbonyl (C=O) groups is 1. The van der Waals surface area contributed by atoms with Gasteiger partial charge in [-0.15, -0.1) is 11.8 Å². The number of hydrogen-bond donors (Lipinski definition) is 1. The zero-order valence-corrected chi connectivity index (χ0v) is 16.4. The third kappa shape index (κ3) is 4.69. The molecule has 0 radical (unpaired) electrons. The molecule has 0 saturated carbocycles. The number of rotatable bonds is 6. The number of fused-ring (bicyclic) bond motifs is 1. The first-order chi connectivity index (χ1) is 13.8. The monoisotopic (exact) mass is 401 g/mol. The molecule has 28 heavy (non-hydrogen) atoms. The van der Waals surface area contributed by atoms with Gasteiger partial charge in [0.2, 0.25) is 5.91 Å². The summed E-state index contributed by atoms with van der Waals surface area (Å²) in [4.78, 5) is 20.0. The molecule has 1 N–H and O–H groups in total. The largest absolute Gasteiger partial charge is 0.486 e. The summed E-state index contributed by atoms with van der Waals surface area (Å²) in [5.41, 5.74) is 1.02. The minimum atomic E-state index is -0.0170. The van der Waals surface area contributed by atoms with E-state index in [2.05, 4.69) is 15.2 Å². The first-order valence-electron chi connectivity index (χ1n) is 9.35. The van der Waals surface area contributed by atoms with Crippen LogP contribution in [0.25, 0.3) is 0 Å². The second-order valence-electron chi connectivity index (χ2n) is 6.46. The van der Waals surface area contributed by atoms with E-state index < -0.39 is 0 Å². The molecule has 1 aromatic heterocycles. The molecule has 3 heterocycles. The van der Waals surface area contributed by atoms with Crippen molar-refractivity contribution in [3.05, 3.63) is 42.1 Å². The number of morpholine rings is 1. The fourth-order valence-corrected chi connectivity index (χ4v) is 3.89. The van der Waals surface area contributed by atoms with Crippen LogP contribution in [0, 0.1) is 0 Å². The van der Waals surface area contributed by atoms with E-state index in [0.29, 0.717) is 38.7 Å². The van der Waals surface area contributed by atoms with E-state index >= 15 is 0 Å². The molecule has 7 nitrogen and oxygen atoms in total. The Morgan fingerprint density at radius 3 is 2.79 bits per heavy atom. The van der Waals surface area contributed by atoms with E-state index in [1.165, 1.54) is 11.8 Å². The molecule has 1 amide bonds. The number of carbonyl (C=O) groups excluding carboxylic acids is 1. The van der Waals surface area contributed by atoms with Gasteiger partial charge in [0.05, 0.1) is 19.0 Å². The van der Waals surface area contributed by atoms with E-state index in [-0.39, 0.29) is 5.91 Å². The number of amides is 1. The molecule has 148 valence electrons. The van der Waals surface area contributed by atoms with Crippen LogP contribution >= 0.6 is 11.8 Å². The van der Waals surface area contributed by atoms with Crippen LogP contribution in [-0.2, 0) is 16.1 Å². The van der Waals surface area contributed by atoms with E-state index in [1.807, 2.05) is 30.3 Å². The van der Waals surface area contributed by atoms with Gasteiger partial charge in [0.1, 0.15) is 19.0 Å². The van der Waals surface area contributed by atoms with Gasteiger partial charge in [-0.2, -0.15) is 0 Å². The third-order valence-corrected chi connectivity index (χ3v) is 5.53. The second-order valence-corrected chi connectivity index (χ2v) is 7.51. The van der Waals surface area contributed by atoms with Gasteiger partial charge < -0.3 is 24.4 Å². The van der Waals surface area contributed by atoms with Gasteiger partial charge in [0, 0.05) is 36.3 Å². The SMILES string of the molecule is O=C(CSc1ccc2c(c1)OCCO2)NCc1cccnc1N1CCOCC1. The highest BCUT2D eigenvalue weighted by Crippen LogP contribution is 2.34. The standard InChI is InChI=1S/C20H23N3O4S/c24-19(14-28-16-3-4-17-18(12-16)27-11-10-26-17)22-13-15-2-1-5-21-20(15)23-6-8-25-9-7-23/h1-5,12H,6-11,13-14H2,(H,22,24). The quantitative estimate of drug-likeness (QED) is 0.743. The summed E-state index contributed by atoms with van der Waals surface area (Å²) in [6.07, 6.45) is 1.79. The molecule has 1 fully saturated rings. The maximum Gasteiger partial charge on any atom is 0.230 e. The summed E-state index contributed by atoms with van der Waals surface area (Å²) in [6, 6.07) is 9.66. The average Bonchev–Trinajstić information content (AvgIpc) is 2.77. The van der Waals surface area contributed by atoms with Gasteiger partial charge in [-0.25, -0.2) is 4.98 Å². The summed E-state index contributed by atoms with van der Waals surface area (Å²) in [7, 11) is 0. The van der Waals surface area contributed by atoms with Crippen molar-refractivity contribution < 1.29 is 19.0 Å². The molecule has 2 aromatic rings. The number of aromatic nitrogens is 1. The van der Waals surface area contributed by atoms with E-state index in [4.69, 9.17) is 14.2 Å². The molecule has 2 aliphatic rings. The Hall–Kier alpha value is -2.45. The highest BCUT2D eigenvalue weighted by molar-refractivity contribution is 8.00. The number of anilines is 1. The van der Waals surface area contributed by atoms with Crippen LogP contribution in [0.1, 0.15) is 5.56 Å². The van der Waals surface area contributed by atoms with Crippen molar-refractivity contribution in [3.8, 4) is 11.5 Å². The lowest BCUT2D eigenvalue weighted by Crippen LogP contribution is -2.38. The van der Waals surface area contributed by atoms with Crippen LogP contribution in [0.15, 0.2) is 41.4 Å². The van der Waals surface area contributed by atoms with Crippen LogP contribution < -0.4 is 19.7 Å². The summed E-state index contributed by atoms with van der Waals surface area (Å²) in [5.74, 6) is 2.74. The van der Waals surface area contributed by atoms with Gasteiger partial charge in [-0.05, 0) is 24.3 Å². The summed E-state index contributed by atoms with van der Waals surface area (Å²) < 4.78 is 16.5. The van der Waals surface area contributed by atoms with Crippen molar-refractivity contribution in [3.63, 3.8) is 0 Å². The van der Waals surface area contributed by atoms with Gasteiger partial charge >= 0.3 is 0 Å². The highest BCUT2D eigenvalue weighted by Gasteiger charge is 2.16. The molecule has 0 spiro atoms. The summed E-state index contributed by atoms with van der Waals surface area (Å²) in [5, 5.41) is 3.00. The molecule has 8 heteroatoms. The van der Waals surface area contributed by atoms with Gasteiger partial charge in [-0.1, -0.05) is 6.07 Å². The lowest BCUT2D eigenvalue weighted by Gasteiger charge is -2.29. The molecule has 0 unspecified atom stereocenters. The average molecular weight is 401 g/mol. The number of thioether (sulfide) groups is 1. The van der Waals surface area contributed by atoms with Crippen LogP contribution in [0.4, 0.5) is 5.82 Å². The van der Waals surface area contributed by atoms with Crippen molar-refractivity contribution in [2.24, 2.45) is 0 Å². The van der Waals surface area contributed by atoms with Crippen LogP contribution in [0.2, 0.25) is 0 Å². The Balaban J connectivity index is 1.30. The fraction of sp³-hybridized carbons (Fsp3) is 0.400. The third-order valence-electron chi connectivity index (χ3n) is 4.54. The molecule has 4 rings (SSSR count). The van der Waals surface area contributed by atoms with E-state index in [0.717, 1.165) is 40.9 Å². The molecular weight excluding hydrogens is 378 g/mol. The lowest BCUT2D eigenvalue weighted by molar-refractivity contribution is -0.118. The van der Waals surface area contributed by atoms with Crippen molar-refractivity contribution in [1.29, 1.82) is 0 Å². The topological polar surface area (TPSA) is 72.9 Å². The highest BCUT2D eigenvalue weighted by atomic mass is 32.2. The Morgan fingerprint density at radius 1 is 1.11 bits per heavy atom. The zero-order chi connectivity index (χ0) is 19.2. The predicted octanol–water partition coefficient (Wildman–Crippen LogP) is 2.10. The lowest BCUT2D eigenvalue weighted by atomic mass is 10.2. The van der Waals surface area contributed by atoms with Crippen molar-refractivity contribution in [2.75, 3.05) is 50.2 Å². The zero-order valence-electron chi connectivity index (χ0n) is 15.6. The summed E-state index contributed by atoms with van der Waals surface area (Å²) >= 11 is 1.48. The van der Waals surface area contributed by atoms with Crippen molar-refractivity contribution in [1.82, 2.24) is 10.3 Å². The van der Waals surface area contributed by atoms with Crippen LogP contribution in [-0.4, -0.2) is 56.2 Å².